The highest BCUT2D eigenvalue weighted by atomic mass is 16.3. The van der Waals surface area contributed by atoms with Crippen LogP contribution in [0.25, 0.3) is 16.9 Å². The summed E-state index contributed by atoms with van der Waals surface area (Å²) in [6.45, 7) is 5.43. The highest BCUT2D eigenvalue weighted by Crippen LogP contribution is 2.29. The van der Waals surface area contributed by atoms with Crippen molar-refractivity contribution in [1.29, 1.82) is 5.26 Å². The van der Waals surface area contributed by atoms with E-state index < -0.39 is 12.0 Å². The van der Waals surface area contributed by atoms with Gasteiger partial charge in [0.2, 0.25) is 5.95 Å². The van der Waals surface area contributed by atoms with Crippen molar-refractivity contribution in [2.24, 2.45) is 11.7 Å². The van der Waals surface area contributed by atoms with Crippen LogP contribution in [0.5, 0.6) is 0 Å². The average Bonchev–Trinajstić information content (AvgIpc) is 3.57. The molecule has 5 heterocycles. The Labute approximate surface area is 206 Å². The number of amides is 1. The van der Waals surface area contributed by atoms with E-state index in [4.69, 9.17) is 16.0 Å². The lowest BCUT2D eigenvalue weighted by atomic mass is 10.1. The number of fused-ring (bicyclic) bond motifs is 1. The van der Waals surface area contributed by atoms with Gasteiger partial charge in [0.25, 0.3) is 5.91 Å². The number of carbonyl (C=O) groups is 1. The SMILES string of the molecule is CC(O)Cn1cc(-c2cn3ncc(C(N)=O)c(N[C@@H]4CN(c5ncc(C#N)cn5)C[C@@H]4C)c3n2)cn1. The molecule has 5 rings (SSSR count). The maximum Gasteiger partial charge on any atom is 0.252 e. The Morgan fingerprint density at radius 3 is 2.72 bits per heavy atom. The Morgan fingerprint density at radius 1 is 1.25 bits per heavy atom. The van der Waals surface area contributed by atoms with Gasteiger partial charge in [0, 0.05) is 30.9 Å². The Bertz CT molecular complexity index is 1450. The van der Waals surface area contributed by atoms with E-state index in [-0.39, 0.29) is 17.5 Å². The summed E-state index contributed by atoms with van der Waals surface area (Å²) in [6, 6.07) is 1.97. The minimum absolute atomic E-state index is 0.0533. The molecule has 3 atom stereocenters. The summed E-state index contributed by atoms with van der Waals surface area (Å²) in [5.41, 5.74) is 8.66. The first kappa shape index (κ1) is 23.2. The number of nitrogens with one attached hydrogen (secondary N) is 1. The van der Waals surface area contributed by atoms with Crippen LogP contribution in [-0.2, 0) is 6.54 Å². The molecule has 1 saturated heterocycles. The van der Waals surface area contributed by atoms with Crippen LogP contribution in [0.15, 0.2) is 37.2 Å². The van der Waals surface area contributed by atoms with Crippen LogP contribution in [0.2, 0.25) is 0 Å². The van der Waals surface area contributed by atoms with Crippen LogP contribution in [0, 0.1) is 17.2 Å². The Morgan fingerprint density at radius 2 is 2.03 bits per heavy atom. The van der Waals surface area contributed by atoms with Gasteiger partial charge in [-0.15, -0.1) is 0 Å². The summed E-state index contributed by atoms with van der Waals surface area (Å²) in [7, 11) is 0. The highest BCUT2D eigenvalue weighted by Gasteiger charge is 2.32. The zero-order valence-corrected chi connectivity index (χ0v) is 19.8. The number of carbonyl (C=O) groups excluding carboxylic acids is 1. The molecular formula is C23H25N11O2. The molecule has 0 saturated carbocycles. The third kappa shape index (κ3) is 4.41. The molecule has 36 heavy (non-hydrogen) atoms. The molecule has 1 fully saturated rings. The zero-order chi connectivity index (χ0) is 25.4. The molecule has 4 aromatic rings. The Balaban J connectivity index is 1.45. The zero-order valence-electron chi connectivity index (χ0n) is 19.8. The average molecular weight is 488 g/mol. The van der Waals surface area contributed by atoms with Crippen molar-refractivity contribution in [3.05, 3.63) is 48.3 Å². The van der Waals surface area contributed by atoms with Gasteiger partial charge < -0.3 is 21.1 Å². The number of aromatic nitrogens is 7. The molecule has 1 aliphatic heterocycles. The predicted octanol–water partition coefficient (Wildman–Crippen LogP) is 0.671. The third-order valence-electron chi connectivity index (χ3n) is 6.13. The molecule has 0 aliphatic carbocycles. The van der Waals surface area contributed by atoms with E-state index in [1.165, 1.54) is 18.6 Å². The maximum absolute atomic E-state index is 12.3. The molecule has 0 radical (unpaired) electrons. The number of anilines is 2. The van der Waals surface area contributed by atoms with Gasteiger partial charge in [0.05, 0.1) is 66.1 Å². The number of rotatable bonds is 7. The van der Waals surface area contributed by atoms with E-state index in [9.17, 15) is 9.90 Å². The van der Waals surface area contributed by atoms with E-state index in [0.29, 0.717) is 48.2 Å². The van der Waals surface area contributed by atoms with E-state index >= 15 is 0 Å². The van der Waals surface area contributed by atoms with Crippen molar-refractivity contribution in [3.8, 4) is 17.3 Å². The maximum atomic E-state index is 12.3. The van der Waals surface area contributed by atoms with Crippen molar-refractivity contribution >= 4 is 23.2 Å². The van der Waals surface area contributed by atoms with Crippen LogP contribution in [0.1, 0.15) is 29.8 Å². The molecule has 13 heteroatoms. The molecule has 1 amide bonds. The van der Waals surface area contributed by atoms with Crippen LogP contribution in [-0.4, -0.2) is 70.6 Å². The molecule has 1 unspecified atom stereocenters. The summed E-state index contributed by atoms with van der Waals surface area (Å²) in [4.78, 5) is 27.6. The molecular weight excluding hydrogens is 462 g/mol. The van der Waals surface area contributed by atoms with E-state index in [1.54, 1.807) is 34.7 Å². The third-order valence-corrected chi connectivity index (χ3v) is 6.13. The number of hydrogen-bond donors (Lipinski definition) is 3. The number of nitrogens with zero attached hydrogens (tertiary/aromatic N) is 9. The number of hydrogen-bond acceptors (Lipinski definition) is 10. The molecule has 184 valence electrons. The number of imidazole rings is 1. The molecule has 0 bridgehead atoms. The molecule has 13 nitrogen and oxygen atoms in total. The van der Waals surface area contributed by atoms with Crippen LogP contribution in [0.4, 0.5) is 11.6 Å². The smallest absolute Gasteiger partial charge is 0.252 e. The second-order valence-corrected chi connectivity index (χ2v) is 9.01. The molecule has 0 spiro atoms. The predicted molar refractivity (Wildman–Crippen MR) is 130 cm³/mol. The van der Waals surface area contributed by atoms with Crippen molar-refractivity contribution in [2.45, 2.75) is 32.5 Å². The lowest BCUT2D eigenvalue weighted by Crippen LogP contribution is -2.30. The molecule has 0 aromatic carbocycles. The topological polar surface area (TPSA) is 176 Å². The largest absolute Gasteiger partial charge is 0.391 e. The second kappa shape index (κ2) is 9.23. The quantitative estimate of drug-likeness (QED) is 0.336. The second-order valence-electron chi connectivity index (χ2n) is 9.01. The van der Waals surface area contributed by atoms with Gasteiger partial charge in [0.15, 0.2) is 5.65 Å². The Hall–Kier alpha value is -4.57. The van der Waals surface area contributed by atoms with Gasteiger partial charge in [0.1, 0.15) is 6.07 Å². The number of aliphatic hydroxyl groups excluding tert-OH is 1. The fourth-order valence-electron chi connectivity index (χ4n) is 4.31. The normalized spacial score (nSPS) is 18.3. The first-order chi connectivity index (χ1) is 17.3. The monoisotopic (exact) mass is 487 g/mol. The van der Waals surface area contributed by atoms with Gasteiger partial charge in [-0.05, 0) is 12.8 Å². The summed E-state index contributed by atoms with van der Waals surface area (Å²) in [5, 5.41) is 30.7. The molecule has 4 N–H and O–H groups in total. The van der Waals surface area contributed by atoms with Gasteiger partial charge in [-0.1, -0.05) is 6.92 Å². The fraction of sp³-hybridized carbons (Fsp3) is 0.348. The highest BCUT2D eigenvalue weighted by molar-refractivity contribution is 6.01. The number of nitriles is 1. The Kier molecular flexibility index (Phi) is 5.95. The van der Waals surface area contributed by atoms with Gasteiger partial charge >= 0.3 is 0 Å². The van der Waals surface area contributed by atoms with E-state index in [1.807, 2.05) is 11.0 Å². The first-order valence-electron chi connectivity index (χ1n) is 11.4. The number of primary amides is 1. The number of nitrogens with two attached hydrogens (primary N) is 1. The lowest BCUT2D eigenvalue weighted by Gasteiger charge is -2.20. The molecule has 1 aliphatic rings. The minimum Gasteiger partial charge on any atom is -0.391 e. The van der Waals surface area contributed by atoms with Gasteiger partial charge in [-0.25, -0.2) is 19.5 Å². The fourth-order valence-corrected chi connectivity index (χ4v) is 4.31. The van der Waals surface area contributed by atoms with Crippen LogP contribution in [0.3, 0.4) is 0 Å². The minimum atomic E-state index is -0.611. The van der Waals surface area contributed by atoms with Crippen molar-refractivity contribution in [3.63, 3.8) is 0 Å². The van der Waals surface area contributed by atoms with Crippen molar-refractivity contribution in [2.75, 3.05) is 23.3 Å². The first-order valence-corrected chi connectivity index (χ1v) is 11.4. The molecule has 4 aromatic heterocycles. The van der Waals surface area contributed by atoms with Gasteiger partial charge in [-0.2, -0.15) is 15.5 Å². The van der Waals surface area contributed by atoms with Crippen molar-refractivity contribution in [1.82, 2.24) is 34.3 Å². The van der Waals surface area contributed by atoms with E-state index in [0.717, 1.165) is 5.56 Å². The lowest BCUT2D eigenvalue weighted by molar-refractivity contribution is 0.100. The number of aliphatic hydroxyl groups is 1. The van der Waals surface area contributed by atoms with Crippen LogP contribution >= 0.6 is 0 Å². The van der Waals surface area contributed by atoms with E-state index in [2.05, 4.69) is 32.4 Å². The summed E-state index contributed by atoms with van der Waals surface area (Å²) in [5.74, 6) is 0.114. The van der Waals surface area contributed by atoms with Crippen LogP contribution < -0.4 is 16.0 Å². The summed E-state index contributed by atoms with van der Waals surface area (Å²) >= 11 is 0. The summed E-state index contributed by atoms with van der Waals surface area (Å²) < 4.78 is 3.24. The summed E-state index contributed by atoms with van der Waals surface area (Å²) in [6.07, 6.45) is 9.12. The van der Waals surface area contributed by atoms with Gasteiger partial charge in [-0.3, -0.25) is 9.48 Å². The standard InChI is InChI=1S/C23H25N11O2/c1-13-8-32(23-26-4-15(3-24)5-27-23)11-18(13)30-20-17(21(25)36)7-29-34-12-19(31-22(20)34)16-6-28-33(10-16)9-14(2)35/h4-7,10,12-14,18,30,35H,8-9,11H2,1-2H3,(H2,25,36)/t13-,14?,18+/m0/s1. The van der Waals surface area contributed by atoms with Crippen molar-refractivity contribution < 1.29 is 9.90 Å².